The van der Waals surface area contributed by atoms with Gasteiger partial charge in [0.2, 0.25) is 5.56 Å². The first kappa shape index (κ1) is 28.9. The van der Waals surface area contributed by atoms with Gasteiger partial charge in [-0.3, -0.25) is 14.6 Å². The topological polar surface area (TPSA) is 158 Å². The molecular formula is C26H37N9O2. The molecule has 1 fully saturated rings. The molecule has 0 radical (unpaired) electrons. The molecule has 8 N–H and O–H groups in total. The van der Waals surface area contributed by atoms with E-state index in [1.807, 2.05) is 18.2 Å². The second-order valence-electron chi connectivity index (χ2n) is 7.91. The molecule has 1 saturated heterocycles. The molecule has 1 aliphatic rings. The highest BCUT2D eigenvalue weighted by molar-refractivity contribution is 6.13. The SMILES string of the molecule is C1CCNC1.C=CCNC(=O)/C(C=NC)=C(/NCNc1ccc(NC)c(C=N)c1)Nc1cccc(=O)[nH]1. The maximum atomic E-state index is 12.7. The van der Waals surface area contributed by atoms with Crippen LogP contribution in [0.2, 0.25) is 0 Å². The summed E-state index contributed by atoms with van der Waals surface area (Å²) < 4.78 is 0. The van der Waals surface area contributed by atoms with E-state index in [2.05, 4.69) is 48.5 Å². The van der Waals surface area contributed by atoms with Crippen LogP contribution in [-0.4, -0.2) is 63.7 Å². The summed E-state index contributed by atoms with van der Waals surface area (Å²) in [5.41, 5.74) is 2.32. The van der Waals surface area contributed by atoms with Gasteiger partial charge < -0.3 is 42.3 Å². The second kappa shape index (κ2) is 16.3. The third-order valence-electron chi connectivity index (χ3n) is 5.20. The summed E-state index contributed by atoms with van der Waals surface area (Å²) in [6.07, 6.45) is 7.04. The number of hydrogen-bond acceptors (Lipinski definition) is 9. The van der Waals surface area contributed by atoms with E-state index < -0.39 is 0 Å². The third-order valence-corrected chi connectivity index (χ3v) is 5.20. The van der Waals surface area contributed by atoms with Crippen molar-refractivity contribution in [2.24, 2.45) is 4.99 Å². The van der Waals surface area contributed by atoms with Crippen LogP contribution in [0.15, 0.2) is 70.2 Å². The molecule has 11 heteroatoms. The molecule has 0 bridgehead atoms. The maximum absolute atomic E-state index is 12.7. The van der Waals surface area contributed by atoms with Crippen LogP contribution in [0.4, 0.5) is 17.2 Å². The van der Waals surface area contributed by atoms with Gasteiger partial charge in [-0.2, -0.15) is 0 Å². The van der Waals surface area contributed by atoms with Crippen LogP contribution in [-0.2, 0) is 4.79 Å². The number of carbonyl (C=O) groups is 1. The number of benzene rings is 1. The number of nitrogens with zero attached hydrogens (tertiary/aromatic N) is 1. The van der Waals surface area contributed by atoms with Gasteiger partial charge in [-0.25, -0.2) is 0 Å². The number of pyridine rings is 1. The highest BCUT2D eigenvalue weighted by Gasteiger charge is 2.14. The average Bonchev–Trinajstić information content (AvgIpc) is 3.50. The van der Waals surface area contributed by atoms with Gasteiger partial charge in [0.15, 0.2) is 0 Å². The number of anilines is 3. The van der Waals surface area contributed by atoms with Crippen LogP contribution >= 0.6 is 0 Å². The number of rotatable bonds is 12. The van der Waals surface area contributed by atoms with Gasteiger partial charge in [-0.15, -0.1) is 6.58 Å². The summed E-state index contributed by atoms with van der Waals surface area (Å²) in [7, 11) is 3.35. The number of aromatic amines is 1. The van der Waals surface area contributed by atoms with E-state index in [1.54, 1.807) is 32.3 Å². The Labute approximate surface area is 217 Å². The number of nitrogens with one attached hydrogen (secondary N) is 8. The Morgan fingerprint density at radius 1 is 1.19 bits per heavy atom. The zero-order chi connectivity index (χ0) is 26.9. The summed E-state index contributed by atoms with van der Waals surface area (Å²) in [5, 5.41) is 25.9. The van der Waals surface area contributed by atoms with E-state index in [9.17, 15) is 9.59 Å². The minimum Gasteiger partial charge on any atom is -0.388 e. The van der Waals surface area contributed by atoms with Crippen molar-refractivity contribution in [2.75, 3.05) is 56.3 Å². The molecule has 2 aromatic rings. The lowest BCUT2D eigenvalue weighted by atomic mass is 10.1. The first-order chi connectivity index (χ1) is 18.0. The second-order valence-corrected chi connectivity index (χ2v) is 7.91. The van der Waals surface area contributed by atoms with Gasteiger partial charge in [0.05, 0.1) is 12.2 Å². The Bertz CT molecular complexity index is 1140. The Morgan fingerprint density at radius 3 is 2.57 bits per heavy atom. The quantitative estimate of drug-likeness (QED) is 0.0945. The van der Waals surface area contributed by atoms with Crippen molar-refractivity contribution in [3.8, 4) is 0 Å². The summed E-state index contributed by atoms with van der Waals surface area (Å²) in [4.78, 5) is 31.0. The van der Waals surface area contributed by atoms with Crippen LogP contribution in [0.5, 0.6) is 0 Å². The van der Waals surface area contributed by atoms with Crippen molar-refractivity contribution in [3.05, 3.63) is 76.4 Å². The normalized spacial score (nSPS) is 13.0. The van der Waals surface area contributed by atoms with E-state index in [4.69, 9.17) is 5.41 Å². The first-order valence-electron chi connectivity index (χ1n) is 12.0. The molecule has 1 aliphatic heterocycles. The molecule has 0 unspecified atom stereocenters. The van der Waals surface area contributed by atoms with Crippen molar-refractivity contribution >= 4 is 35.5 Å². The van der Waals surface area contributed by atoms with Crippen LogP contribution in [0.3, 0.4) is 0 Å². The number of aromatic nitrogens is 1. The first-order valence-corrected chi connectivity index (χ1v) is 12.0. The van der Waals surface area contributed by atoms with Gasteiger partial charge in [0, 0.05) is 56.1 Å². The fourth-order valence-electron chi connectivity index (χ4n) is 3.37. The van der Waals surface area contributed by atoms with Crippen molar-refractivity contribution < 1.29 is 4.79 Å². The van der Waals surface area contributed by atoms with Gasteiger partial charge in [-0.05, 0) is 50.2 Å². The molecule has 1 amide bonds. The fourth-order valence-corrected chi connectivity index (χ4v) is 3.37. The highest BCUT2D eigenvalue weighted by Crippen LogP contribution is 2.18. The van der Waals surface area contributed by atoms with Crippen LogP contribution in [0.1, 0.15) is 18.4 Å². The van der Waals surface area contributed by atoms with Crippen molar-refractivity contribution in [3.63, 3.8) is 0 Å². The van der Waals surface area contributed by atoms with E-state index in [0.29, 0.717) is 11.6 Å². The van der Waals surface area contributed by atoms with Crippen molar-refractivity contribution in [1.29, 1.82) is 5.41 Å². The highest BCUT2D eigenvalue weighted by atomic mass is 16.1. The molecule has 37 heavy (non-hydrogen) atoms. The number of carbonyl (C=O) groups excluding carboxylic acids is 1. The smallest absolute Gasteiger partial charge is 0.256 e. The summed E-state index contributed by atoms with van der Waals surface area (Å²) in [6.45, 7) is 6.64. The van der Waals surface area contributed by atoms with Gasteiger partial charge in [0.25, 0.3) is 5.91 Å². The molecular weight excluding hydrogens is 470 g/mol. The van der Waals surface area contributed by atoms with Crippen LogP contribution in [0.25, 0.3) is 0 Å². The fraction of sp³-hybridized carbons (Fsp3) is 0.308. The molecule has 1 aromatic heterocycles. The lowest BCUT2D eigenvalue weighted by Crippen LogP contribution is -2.34. The monoisotopic (exact) mass is 507 g/mol. The molecule has 0 saturated carbocycles. The number of H-pyrrole nitrogens is 1. The Morgan fingerprint density at radius 2 is 1.97 bits per heavy atom. The van der Waals surface area contributed by atoms with Crippen molar-refractivity contribution in [2.45, 2.75) is 12.8 Å². The zero-order valence-electron chi connectivity index (χ0n) is 21.4. The summed E-state index contributed by atoms with van der Waals surface area (Å²) in [6, 6.07) is 10.2. The Balaban J connectivity index is 0.000000856. The lowest BCUT2D eigenvalue weighted by Gasteiger charge is -2.18. The molecule has 0 aliphatic carbocycles. The predicted molar refractivity (Wildman–Crippen MR) is 153 cm³/mol. The van der Waals surface area contributed by atoms with E-state index in [1.165, 1.54) is 44.4 Å². The largest absolute Gasteiger partial charge is 0.388 e. The molecule has 3 rings (SSSR count). The van der Waals surface area contributed by atoms with Gasteiger partial charge in [0.1, 0.15) is 11.6 Å². The molecule has 198 valence electrons. The minimum absolute atomic E-state index is 0.242. The van der Waals surface area contributed by atoms with E-state index >= 15 is 0 Å². The molecule has 0 spiro atoms. The average molecular weight is 508 g/mol. The van der Waals surface area contributed by atoms with Gasteiger partial charge >= 0.3 is 0 Å². The lowest BCUT2D eigenvalue weighted by molar-refractivity contribution is -0.116. The molecule has 2 heterocycles. The van der Waals surface area contributed by atoms with Crippen molar-refractivity contribution in [1.82, 2.24) is 20.9 Å². The minimum atomic E-state index is -0.367. The predicted octanol–water partition coefficient (Wildman–Crippen LogP) is 2.07. The summed E-state index contributed by atoms with van der Waals surface area (Å²) in [5.74, 6) is 0.377. The third kappa shape index (κ3) is 10.0. The number of hydrogen-bond donors (Lipinski definition) is 8. The maximum Gasteiger partial charge on any atom is 0.256 e. The van der Waals surface area contributed by atoms with Gasteiger partial charge in [-0.1, -0.05) is 12.1 Å². The molecule has 1 aromatic carbocycles. The Kier molecular flexibility index (Phi) is 12.7. The van der Waals surface area contributed by atoms with Crippen LogP contribution < -0.4 is 37.5 Å². The zero-order valence-corrected chi connectivity index (χ0v) is 21.4. The van der Waals surface area contributed by atoms with E-state index in [-0.39, 0.29) is 30.3 Å². The molecule has 11 nitrogen and oxygen atoms in total. The Hall–Kier alpha value is -4.38. The van der Waals surface area contributed by atoms with Crippen LogP contribution in [0, 0.1) is 5.41 Å². The standard InChI is InChI=1S/C22H28N8O2.C4H9N/c1-4-10-26-22(32)17(13-24-2)21(30-19-6-5-7-20(31)29-19)28-14-27-16-8-9-18(25-3)15(11-16)12-23;1-2-4-5-3-1/h4-9,11-13,23,25,27-28H,1,10,14H2,2-3H3,(H,26,32)(H2,29,30,31);5H,1-4H2/b21-17-,23-12?,24-13?;. The summed E-state index contributed by atoms with van der Waals surface area (Å²) >= 11 is 0. The number of amides is 1. The number of aliphatic imine (C=N–C) groups is 1. The molecule has 0 atom stereocenters. The van der Waals surface area contributed by atoms with E-state index in [0.717, 1.165) is 16.9 Å².